The molecule has 15 heavy (non-hydrogen) atoms. The maximum absolute atomic E-state index is 5.65. The Morgan fingerprint density at radius 1 is 0.933 bits per heavy atom. The van der Waals surface area contributed by atoms with Crippen molar-refractivity contribution in [3.8, 4) is 0 Å². The molecule has 4 nitrogen and oxygen atoms in total. The van der Waals surface area contributed by atoms with Gasteiger partial charge in [-0.15, -0.1) is 0 Å². The van der Waals surface area contributed by atoms with Crippen LogP contribution < -0.4 is 5.73 Å². The van der Waals surface area contributed by atoms with Crippen molar-refractivity contribution >= 4 is 17.2 Å². The largest absolute Gasteiger partial charge is 0.500 e. The second-order valence-corrected chi connectivity index (χ2v) is 5.61. The molecule has 0 unspecified atom stereocenters. The van der Waals surface area contributed by atoms with Crippen molar-refractivity contribution in [3.63, 3.8) is 0 Å². The maximum Gasteiger partial charge on any atom is 0.500 e. The Kier molecular flexibility index (Phi) is 12.4. The summed E-state index contributed by atoms with van der Waals surface area (Å²) in [6.07, 6.45) is 0.895. The molecule has 0 aliphatic heterocycles. The zero-order valence-electron chi connectivity index (χ0n) is 9.54. The van der Waals surface area contributed by atoms with Gasteiger partial charge in [-0.25, -0.2) is 0 Å². The molecule has 0 aromatic rings. The van der Waals surface area contributed by atoms with Crippen LogP contribution in [-0.4, -0.2) is 43.6 Å². The summed E-state index contributed by atoms with van der Waals surface area (Å²) in [7, 11) is -2.40. The Hall–Kier alpha value is 0.122. The molecule has 0 amide bonds. The van der Waals surface area contributed by atoms with Crippen molar-refractivity contribution in [1.82, 2.24) is 0 Å². The first-order valence-corrected chi connectivity index (χ1v) is 7.29. The fourth-order valence-electron chi connectivity index (χ4n) is 1.32. The highest BCUT2D eigenvalue weighted by Crippen LogP contribution is 2.17. The number of hydrogen-bond acceptors (Lipinski definition) is 4. The predicted octanol–water partition coefficient (Wildman–Crippen LogP) is 0.200. The maximum atomic E-state index is 5.65. The summed E-state index contributed by atoms with van der Waals surface area (Å²) in [5.74, 6) is 0. The van der Waals surface area contributed by atoms with Crippen LogP contribution in [-0.2, 0) is 13.3 Å². The first-order chi connectivity index (χ1) is 6.74. The van der Waals surface area contributed by atoms with Crippen LogP contribution >= 0.6 is 0 Å². The zero-order chi connectivity index (χ0) is 10.9. The lowest BCUT2D eigenvalue weighted by molar-refractivity contribution is 0.0710. The highest BCUT2D eigenvalue weighted by atomic mass is 28.4. The average molecular weight is 235 g/mol. The molecule has 6 heteroatoms. The normalized spacial score (nSPS) is 11.2. The quantitative estimate of drug-likeness (QED) is 0.580. The number of rotatable bonds is 9. The molecular formula is C9H26BNO3Si. The van der Waals surface area contributed by atoms with Crippen LogP contribution in [0, 0.1) is 0 Å². The topological polar surface area (TPSA) is 53.7 Å². The smallest absolute Gasteiger partial charge is 0.374 e. The fraction of sp³-hybridized carbons (Fsp3) is 1.00. The van der Waals surface area contributed by atoms with Crippen molar-refractivity contribution in [1.29, 1.82) is 0 Å². The summed E-state index contributed by atoms with van der Waals surface area (Å²) in [5, 5.41) is 0. The fourth-order valence-corrected chi connectivity index (χ4v) is 3.96. The second kappa shape index (κ2) is 10.6. The minimum atomic E-state index is -2.40. The summed E-state index contributed by atoms with van der Waals surface area (Å²) >= 11 is 0. The van der Waals surface area contributed by atoms with Gasteiger partial charge in [0.05, 0.1) is 8.41 Å². The van der Waals surface area contributed by atoms with Crippen molar-refractivity contribution in [2.75, 3.05) is 26.4 Å². The van der Waals surface area contributed by atoms with E-state index in [4.69, 9.17) is 19.0 Å². The molecule has 0 atom stereocenters. The standard InChI is InChI=1S/C9H23NO3Si.BH3/c1-4-11-14(12-5-2,13-6-3)9-7-8-10;/h4-10H2,1-3H3;1H3. The van der Waals surface area contributed by atoms with Crippen molar-refractivity contribution in [2.24, 2.45) is 5.73 Å². The van der Waals surface area contributed by atoms with Crippen LogP contribution in [0.3, 0.4) is 0 Å². The molecule has 2 N–H and O–H groups in total. The van der Waals surface area contributed by atoms with Gasteiger partial charge in [0, 0.05) is 25.9 Å². The van der Waals surface area contributed by atoms with E-state index >= 15 is 0 Å². The Labute approximate surface area is 96.4 Å². The third-order valence-corrected chi connectivity index (χ3v) is 4.93. The van der Waals surface area contributed by atoms with Crippen LogP contribution in [0.5, 0.6) is 0 Å². The van der Waals surface area contributed by atoms with Crippen LogP contribution in [0.4, 0.5) is 0 Å². The van der Waals surface area contributed by atoms with Crippen molar-refractivity contribution in [3.05, 3.63) is 0 Å². The summed E-state index contributed by atoms with van der Waals surface area (Å²) < 4.78 is 17.0. The summed E-state index contributed by atoms with van der Waals surface area (Å²) in [5.41, 5.74) is 5.48. The molecule has 0 spiro atoms. The first kappa shape index (κ1) is 17.5. The van der Waals surface area contributed by atoms with Gasteiger partial charge in [0.15, 0.2) is 0 Å². The van der Waals surface area contributed by atoms with Gasteiger partial charge >= 0.3 is 8.80 Å². The molecule has 0 fully saturated rings. The second-order valence-electron chi connectivity index (χ2n) is 2.87. The van der Waals surface area contributed by atoms with Gasteiger partial charge in [-0.2, -0.15) is 0 Å². The zero-order valence-corrected chi connectivity index (χ0v) is 10.5. The van der Waals surface area contributed by atoms with Crippen LogP contribution in [0.25, 0.3) is 0 Å². The predicted molar refractivity (Wildman–Crippen MR) is 69.0 cm³/mol. The molecule has 0 radical (unpaired) electrons. The van der Waals surface area contributed by atoms with E-state index in [1.54, 1.807) is 0 Å². The van der Waals surface area contributed by atoms with E-state index in [1.165, 1.54) is 0 Å². The first-order valence-electron chi connectivity index (χ1n) is 5.36. The Bertz CT molecular complexity index is 124. The van der Waals surface area contributed by atoms with E-state index in [-0.39, 0.29) is 8.41 Å². The lowest BCUT2D eigenvalue weighted by Gasteiger charge is -2.28. The summed E-state index contributed by atoms with van der Waals surface area (Å²) in [6.45, 7) is 8.44. The molecule has 0 saturated carbocycles. The van der Waals surface area contributed by atoms with Crippen LogP contribution in [0.1, 0.15) is 27.2 Å². The highest BCUT2D eigenvalue weighted by Gasteiger charge is 2.39. The van der Waals surface area contributed by atoms with E-state index in [9.17, 15) is 0 Å². The van der Waals surface area contributed by atoms with Gasteiger partial charge in [0.2, 0.25) is 0 Å². The Morgan fingerprint density at radius 2 is 1.33 bits per heavy atom. The van der Waals surface area contributed by atoms with Crippen LogP contribution in [0.2, 0.25) is 6.04 Å². The molecule has 0 aromatic carbocycles. The summed E-state index contributed by atoms with van der Waals surface area (Å²) in [6, 6.07) is 0.818. The highest BCUT2D eigenvalue weighted by molar-refractivity contribution is 6.60. The lowest BCUT2D eigenvalue weighted by atomic mass is 10.5. The van der Waals surface area contributed by atoms with Gasteiger partial charge in [0.25, 0.3) is 0 Å². The molecule has 0 saturated heterocycles. The molecule has 0 rings (SSSR count). The lowest BCUT2D eigenvalue weighted by Crippen LogP contribution is -2.46. The molecule has 0 bridgehead atoms. The van der Waals surface area contributed by atoms with E-state index in [0.717, 1.165) is 12.5 Å². The minimum absolute atomic E-state index is 0. The summed E-state index contributed by atoms with van der Waals surface area (Å²) in [4.78, 5) is 0. The van der Waals surface area contributed by atoms with Crippen molar-refractivity contribution < 1.29 is 13.3 Å². The van der Waals surface area contributed by atoms with Gasteiger partial charge in [-0.3, -0.25) is 0 Å². The third-order valence-electron chi connectivity index (χ3n) is 1.78. The van der Waals surface area contributed by atoms with Gasteiger partial charge < -0.3 is 19.0 Å². The van der Waals surface area contributed by atoms with Gasteiger partial charge in [-0.05, 0) is 33.7 Å². The van der Waals surface area contributed by atoms with E-state index in [2.05, 4.69) is 0 Å². The molecule has 0 aliphatic carbocycles. The van der Waals surface area contributed by atoms with Gasteiger partial charge in [-0.1, -0.05) is 0 Å². The van der Waals surface area contributed by atoms with E-state index in [1.807, 2.05) is 20.8 Å². The molecule has 0 heterocycles. The molecular weight excluding hydrogens is 209 g/mol. The minimum Gasteiger partial charge on any atom is -0.374 e. The van der Waals surface area contributed by atoms with E-state index < -0.39 is 8.80 Å². The number of nitrogens with two attached hydrogens (primary N) is 1. The molecule has 92 valence electrons. The van der Waals surface area contributed by atoms with Crippen molar-refractivity contribution in [2.45, 2.75) is 33.2 Å². The average Bonchev–Trinajstić information content (AvgIpc) is 2.16. The SMILES string of the molecule is B.CCO[Si](CCCN)(OCC)OCC. The van der Waals surface area contributed by atoms with Crippen LogP contribution in [0.15, 0.2) is 0 Å². The Morgan fingerprint density at radius 3 is 1.60 bits per heavy atom. The molecule has 0 aromatic heterocycles. The Balaban J connectivity index is 0. The molecule has 0 aliphatic rings. The monoisotopic (exact) mass is 235 g/mol. The van der Waals surface area contributed by atoms with Gasteiger partial charge in [0.1, 0.15) is 0 Å². The third kappa shape index (κ3) is 7.08. The van der Waals surface area contributed by atoms with E-state index in [0.29, 0.717) is 26.4 Å². The number of hydrogen-bond donors (Lipinski definition) is 1.